The van der Waals surface area contributed by atoms with Gasteiger partial charge in [-0.1, -0.05) is 19.9 Å². The first-order valence-corrected chi connectivity index (χ1v) is 7.22. The van der Waals surface area contributed by atoms with Crippen molar-refractivity contribution in [2.45, 2.75) is 32.7 Å². The Balaban J connectivity index is 1.61. The van der Waals surface area contributed by atoms with Crippen LogP contribution in [-0.4, -0.2) is 32.3 Å². The van der Waals surface area contributed by atoms with Gasteiger partial charge < -0.3 is 15.4 Å². The average Bonchev–Trinajstić information content (AvgIpc) is 2.40. The molecule has 102 valence electrons. The van der Waals surface area contributed by atoms with Crippen molar-refractivity contribution < 1.29 is 4.74 Å². The number of nitrogens with one attached hydrogen (secondary N) is 2. The second-order valence-electron chi connectivity index (χ2n) is 5.47. The van der Waals surface area contributed by atoms with Crippen LogP contribution in [0.25, 0.3) is 0 Å². The van der Waals surface area contributed by atoms with Crippen molar-refractivity contribution in [1.29, 1.82) is 0 Å². The summed E-state index contributed by atoms with van der Waals surface area (Å²) in [5.74, 6) is 2.25. The molecule has 2 atom stereocenters. The molecule has 1 saturated heterocycles. The zero-order valence-corrected chi connectivity index (χ0v) is 11.6. The standard InChI is InChI=1S/C15H26N2O/c1-12-3-4-15(11-13(12)2)18-10-9-17-14-5-7-16-8-6-14/h3-4,11-14,16-17H,5-10H2,1-2H3/t12-,13?/m0/s1. The maximum Gasteiger partial charge on any atom is 0.115 e. The molecule has 1 aliphatic heterocycles. The summed E-state index contributed by atoms with van der Waals surface area (Å²) in [5.41, 5.74) is 0. The second kappa shape index (κ2) is 6.95. The molecule has 0 bridgehead atoms. The molecule has 0 saturated carbocycles. The summed E-state index contributed by atoms with van der Waals surface area (Å²) in [6, 6.07) is 0.671. The van der Waals surface area contributed by atoms with Crippen LogP contribution in [0.15, 0.2) is 24.0 Å². The highest BCUT2D eigenvalue weighted by atomic mass is 16.5. The molecule has 0 amide bonds. The topological polar surface area (TPSA) is 33.3 Å². The van der Waals surface area contributed by atoms with Gasteiger partial charge in [0, 0.05) is 12.6 Å². The smallest absolute Gasteiger partial charge is 0.115 e. The fraction of sp³-hybridized carbons (Fsp3) is 0.733. The van der Waals surface area contributed by atoms with Crippen molar-refractivity contribution in [3.63, 3.8) is 0 Å². The lowest BCUT2D eigenvalue weighted by molar-refractivity contribution is 0.211. The lowest BCUT2D eigenvalue weighted by Crippen LogP contribution is -2.41. The molecule has 2 aliphatic rings. The molecular weight excluding hydrogens is 224 g/mol. The minimum atomic E-state index is 0.586. The summed E-state index contributed by atoms with van der Waals surface area (Å²) in [6.45, 7) is 8.47. The second-order valence-corrected chi connectivity index (χ2v) is 5.47. The van der Waals surface area contributed by atoms with Crippen LogP contribution in [0.1, 0.15) is 26.7 Å². The van der Waals surface area contributed by atoms with E-state index in [0.29, 0.717) is 17.9 Å². The van der Waals surface area contributed by atoms with Crippen LogP contribution >= 0.6 is 0 Å². The Labute approximate surface area is 111 Å². The number of hydrogen-bond donors (Lipinski definition) is 2. The van der Waals surface area contributed by atoms with Crippen molar-refractivity contribution in [3.05, 3.63) is 24.0 Å². The molecule has 0 spiro atoms. The van der Waals surface area contributed by atoms with Gasteiger partial charge >= 0.3 is 0 Å². The van der Waals surface area contributed by atoms with Crippen LogP contribution < -0.4 is 10.6 Å². The molecule has 18 heavy (non-hydrogen) atoms. The Kier molecular flexibility index (Phi) is 5.26. The van der Waals surface area contributed by atoms with E-state index in [1.54, 1.807) is 0 Å². The SMILES string of the molecule is CC1C=C(OCCNC2CCNCC2)C=C[C@@H]1C. The highest BCUT2D eigenvalue weighted by molar-refractivity contribution is 5.19. The maximum atomic E-state index is 5.79. The number of hydrogen-bond acceptors (Lipinski definition) is 3. The first kappa shape index (κ1) is 13.6. The Morgan fingerprint density at radius 3 is 2.78 bits per heavy atom. The summed E-state index contributed by atoms with van der Waals surface area (Å²) in [7, 11) is 0. The summed E-state index contributed by atoms with van der Waals surface area (Å²) in [6.07, 6.45) is 9.04. The monoisotopic (exact) mass is 250 g/mol. The molecule has 3 nitrogen and oxygen atoms in total. The van der Waals surface area contributed by atoms with Crippen LogP contribution in [-0.2, 0) is 4.74 Å². The lowest BCUT2D eigenvalue weighted by atomic mass is 9.91. The molecule has 1 aliphatic carbocycles. The normalized spacial score (nSPS) is 29.1. The van der Waals surface area contributed by atoms with E-state index >= 15 is 0 Å². The largest absolute Gasteiger partial charge is 0.493 e. The summed E-state index contributed by atoms with van der Waals surface area (Å²) in [4.78, 5) is 0. The number of piperidine rings is 1. The number of rotatable bonds is 5. The maximum absolute atomic E-state index is 5.79. The lowest BCUT2D eigenvalue weighted by Gasteiger charge is -2.24. The third-order valence-electron chi connectivity index (χ3n) is 3.96. The first-order valence-electron chi connectivity index (χ1n) is 7.22. The Morgan fingerprint density at radius 2 is 2.06 bits per heavy atom. The molecule has 1 unspecified atom stereocenters. The van der Waals surface area contributed by atoms with Gasteiger partial charge in [0.15, 0.2) is 0 Å². The quantitative estimate of drug-likeness (QED) is 0.733. The van der Waals surface area contributed by atoms with E-state index in [4.69, 9.17) is 4.74 Å². The van der Waals surface area contributed by atoms with E-state index < -0.39 is 0 Å². The van der Waals surface area contributed by atoms with Gasteiger partial charge in [0.1, 0.15) is 12.4 Å². The zero-order valence-electron chi connectivity index (χ0n) is 11.6. The van der Waals surface area contributed by atoms with Gasteiger partial charge in [0.2, 0.25) is 0 Å². The molecule has 2 rings (SSSR count). The predicted molar refractivity (Wildman–Crippen MR) is 75.4 cm³/mol. The van der Waals surface area contributed by atoms with Gasteiger partial charge in [-0.3, -0.25) is 0 Å². The first-order chi connectivity index (χ1) is 8.75. The third-order valence-corrected chi connectivity index (χ3v) is 3.96. The average molecular weight is 250 g/mol. The summed E-state index contributed by atoms with van der Waals surface area (Å²) in [5, 5.41) is 6.94. The third kappa shape index (κ3) is 4.14. The van der Waals surface area contributed by atoms with E-state index in [2.05, 4.69) is 42.7 Å². The van der Waals surface area contributed by atoms with Gasteiger partial charge in [-0.25, -0.2) is 0 Å². The predicted octanol–water partition coefficient (Wildman–Crippen LogP) is 2.07. The van der Waals surface area contributed by atoms with E-state index in [0.717, 1.165) is 32.0 Å². The molecule has 0 aromatic heterocycles. The summed E-state index contributed by atoms with van der Waals surface area (Å²) >= 11 is 0. The van der Waals surface area contributed by atoms with E-state index in [9.17, 15) is 0 Å². The Hall–Kier alpha value is -0.800. The fourth-order valence-corrected chi connectivity index (χ4v) is 2.44. The molecule has 1 heterocycles. The van der Waals surface area contributed by atoms with Crippen LogP contribution in [0.4, 0.5) is 0 Å². The van der Waals surface area contributed by atoms with Gasteiger partial charge in [-0.05, 0) is 49.9 Å². The molecule has 2 N–H and O–H groups in total. The molecular formula is C15H26N2O. The molecule has 0 radical (unpaired) electrons. The Bertz CT molecular complexity index is 306. The Morgan fingerprint density at radius 1 is 1.28 bits per heavy atom. The van der Waals surface area contributed by atoms with Crippen molar-refractivity contribution in [2.24, 2.45) is 11.8 Å². The summed E-state index contributed by atoms with van der Waals surface area (Å²) < 4.78 is 5.79. The van der Waals surface area contributed by atoms with Crippen molar-refractivity contribution in [1.82, 2.24) is 10.6 Å². The molecule has 0 aromatic rings. The van der Waals surface area contributed by atoms with Gasteiger partial charge in [-0.15, -0.1) is 0 Å². The molecule has 3 heteroatoms. The van der Waals surface area contributed by atoms with Crippen molar-refractivity contribution in [2.75, 3.05) is 26.2 Å². The highest BCUT2D eigenvalue weighted by Gasteiger charge is 2.13. The minimum Gasteiger partial charge on any atom is -0.493 e. The van der Waals surface area contributed by atoms with Crippen LogP contribution in [0.2, 0.25) is 0 Å². The highest BCUT2D eigenvalue weighted by Crippen LogP contribution is 2.22. The minimum absolute atomic E-state index is 0.586. The zero-order chi connectivity index (χ0) is 12.8. The van der Waals surface area contributed by atoms with E-state index in [1.807, 2.05) is 0 Å². The fourth-order valence-electron chi connectivity index (χ4n) is 2.44. The van der Waals surface area contributed by atoms with Gasteiger partial charge in [0.05, 0.1) is 0 Å². The van der Waals surface area contributed by atoms with Crippen molar-refractivity contribution >= 4 is 0 Å². The van der Waals surface area contributed by atoms with Crippen LogP contribution in [0.5, 0.6) is 0 Å². The van der Waals surface area contributed by atoms with Crippen LogP contribution in [0.3, 0.4) is 0 Å². The van der Waals surface area contributed by atoms with Crippen molar-refractivity contribution in [3.8, 4) is 0 Å². The number of allylic oxidation sites excluding steroid dienone is 3. The van der Waals surface area contributed by atoms with E-state index in [-0.39, 0.29) is 0 Å². The molecule has 0 aromatic carbocycles. The van der Waals surface area contributed by atoms with Gasteiger partial charge in [-0.2, -0.15) is 0 Å². The number of ether oxygens (including phenoxy) is 1. The van der Waals surface area contributed by atoms with Gasteiger partial charge in [0.25, 0.3) is 0 Å². The van der Waals surface area contributed by atoms with E-state index in [1.165, 1.54) is 12.8 Å². The van der Waals surface area contributed by atoms with Crippen LogP contribution in [0, 0.1) is 11.8 Å². The molecule has 1 fully saturated rings.